The van der Waals surface area contributed by atoms with E-state index in [9.17, 15) is 0 Å². The van der Waals surface area contributed by atoms with Crippen molar-refractivity contribution < 1.29 is 4.42 Å². The van der Waals surface area contributed by atoms with Crippen molar-refractivity contribution in [3.8, 4) is 11.6 Å². The van der Waals surface area contributed by atoms with Gasteiger partial charge < -0.3 is 9.73 Å². The molecule has 0 aliphatic heterocycles. The third kappa shape index (κ3) is 1.89. The first-order valence-corrected chi connectivity index (χ1v) is 4.97. The molecule has 3 rings (SSSR count). The third-order valence-electron chi connectivity index (χ3n) is 2.32. The SMILES string of the molecule is c1cc(-c2nnc(CNC3CC3)o2)[nH]n1. The Hall–Kier alpha value is -1.69. The van der Waals surface area contributed by atoms with Gasteiger partial charge in [0.1, 0.15) is 5.69 Å². The van der Waals surface area contributed by atoms with Crippen LogP contribution in [0, 0.1) is 0 Å². The molecule has 0 aromatic carbocycles. The van der Waals surface area contributed by atoms with Gasteiger partial charge in [-0.05, 0) is 18.9 Å². The van der Waals surface area contributed by atoms with Crippen molar-refractivity contribution in [1.29, 1.82) is 0 Å². The minimum atomic E-state index is 0.486. The number of rotatable bonds is 4. The molecule has 2 aromatic heterocycles. The summed E-state index contributed by atoms with van der Waals surface area (Å²) in [6, 6.07) is 2.44. The molecule has 6 nitrogen and oxygen atoms in total. The van der Waals surface area contributed by atoms with Gasteiger partial charge in [-0.15, -0.1) is 10.2 Å². The first kappa shape index (κ1) is 8.60. The topological polar surface area (TPSA) is 79.6 Å². The Morgan fingerprint density at radius 3 is 3.13 bits per heavy atom. The van der Waals surface area contributed by atoms with Crippen LogP contribution >= 0.6 is 0 Å². The lowest BCUT2D eigenvalue weighted by Gasteiger charge is -1.95. The maximum atomic E-state index is 5.45. The number of aromatic amines is 1. The zero-order chi connectivity index (χ0) is 10.1. The molecular weight excluding hydrogens is 194 g/mol. The second-order valence-corrected chi connectivity index (χ2v) is 3.63. The fourth-order valence-electron chi connectivity index (χ4n) is 1.33. The van der Waals surface area contributed by atoms with Crippen molar-refractivity contribution >= 4 is 0 Å². The summed E-state index contributed by atoms with van der Waals surface area (Å²) in [5.41, 5.74) is 0.750. The summed E-state index contributed by atoms with van der Waals surface area (Å²) >= 11 is 0. The summed E-state index contributed by atoms with van der Waals surface area (Å²) in [6.45, 7) is 0.645. The Labute approximate surface area is 86.1 Å². The number of aromatic nitrogens is 4. The molecule has 0 saturated heterocycles. The molecule has 0 atom stereocenters. The maximum Gasteiger partial charge on any atom is 0.265 e. The van der Waals surface area contributed by atoms with E-state index in [1.165, 1.54) is 12.8 Å². The fourth-order valence-corrected chi connectivity index (χ4v) is 1.33. The van der Waals surface area contributed by atoms with Crippen molar-refractivity contribution in [1.82, 2.24) is 25.7 Å². The molecule has 2 aromatic rings. The third-order valence-corrected chi connectivity index (χ3v) is 2.32. The molecule has 6 heteroatoms. The Balaban J connectivity index is 1.69. The van der Waals surface area contributed by atoms with E-state index in [4.69, 9.17) is 4.42 Å². The normalized spacial score (nSPS) is 15.7. The second-order valence-electron chi connectivity index (χ2n) is 3.63. The lowest BCUT2D eigenvalue weighted by Crippen LogP contribution is -2.15. The van der Waals surface area contributed by atoms with Gasteiger partial charge in [0.05, 0.1) is 6.54 Å². The number of nitrogens with one attached hydrogen (secondary N) is 2. The van der Waals surface area contributed by atoms with E-state index in [-0.39, 0.29) is 0 Å². The highest BCUT2D eigenvalue weighted by atomic mass is 16.4. The van der Waals surface area contributed by atoms with Crippen LogP contribution in [0.1, 0.15) is 18.7 Å². The van der Waals surface area contributed by atoms with Crippen LogP contribution in [0.3, 0.4) is 0 Å². The highest BCUT2D eigenvalue weighted by molar-refractivity contribution is 5.44. The molecule has 1 saturated carbocycles. The fraction of sp³-hybridized carbons (Fsp3) is 0.444. The largest absolute Gasteiger partial charge is 0.418 e. The molecule has 78 valence electrons. The summed E-state index contributed by atoms with van der Waals surface area (Å²) in [6.07, 6.45) is 4.16. The highest BCUT2D eigenvalue weighted by Gasteiger charge is 2.21. The number of hydrogen-bond donors (Lipinski definition) is 2. The van der Waals surface area contributed by atoms with Crippen LogP contribution < -0.4 is 5.32 Å². The van der Waals surface area contributed by atoms with Crippen molar-refractivity contribution in [3.63, 3.8) is 0 Å². The zero-order valence-corrected chi connectivity index (χ0v) is 8.10. The van der Waals surface area contributed by atoms with Crippen LogP contribution in [0.2, 0.25) is 0 Å². The number of hydrogen-bond acceptors (Lipinski definition) is 5. The van der Waals surface area contributed by atoms with Gasteiger partial charge in [-0.1, -0.05) is 0 Å². The first-order chi connectivity index (χ1) is 7.42. The van der Waals surface area contributed by atoms with E-state index in [0.29, 0.717) is 24.4 Å². The first-order valence-electron chi connectivity index (χ1n) is 4.97. The Bertz CT molecular complexity index is 431. The summed E-state index contributed by atoms with van der Waals surface area (Å²) in [7, 11) is 0. The van der Waals surface area contributed by atoms with Gasteiger partial charge in [0.15, 0.2) is 0 Å². The van der Waals surface area contributed by atoms with Crippen molar-refractivity contribution in [2.45, 2.75) is 25.4 Å². The molecule has 0 spiro atoms. The van der Waals surface area contributed by atoms with Gasteiger partial charge in [-0.3, -0.25) is 5.10 Å². The van der Waals surface area contributed by atoms with Gasteiger partial charge in [-0.2, -0.15) is 5.10 Å². The Kier molecular flexibility index (Phi) is 1.99. The Morgan fingerprint density at radius 1 is 1.47 bits per heavy atom. The smallest absolute Gasteiger partial charge is 0.265 e. The monoisotopic (exact) mass is 205 g/mol. The molecule has 15 heavy (non-hydrogen) atoms. The van der Waals surface area contributed by atoms with Crippen LogP contribution in [0.25, 0.3) is 11.6 Å². The summed E-state index contributed by atoms with van der Waals surface area (Å²) < 4.78 is 5.45. The molecule has 1 aliphatic rings. The van der Waals surface area contributed by atoms with E-state index in [1.54, 1.807) is 12.3 Å². The van der Waals surface area contributed by atoms with Crippen molar-refractivity contribution in [3.05, 3.63) is 18.2 Å². The van der Waals surface area contributed by atoms with Crippen molar-refractivity contribution in [2.75, 3.05) is 0 Å². The Morgan fingerprint density at radius 2 is 2.40 bits per heavy atom. The lowest BCUT2D eigenvalue weighted by atomic mass is 10.4. The molecule has 0 unspecified atom stereocenters. The zero-order valence-electron chi connectivity index (χ0n) is 8.10. The highest BCUT2D eigenvalue weighted by Crippen LogP contribution is 2.19. The van der Waals surface area contributed by atoms with Crippen LogP contribution in [0.15, 0.2) is 16.7 Å². The van der Waals surface area contributed by atoms with Crippen LogP contribution in [0.4, 0.5) is 0 Å². The molecule has 2 heterocycles. The minimum Gasteiger partial charge on any atom is -0.418 e. The van der Waals surface area contributed by atoms with E-state index in [2.05, 4.69) is 25.7 Å². The predicted molar refractivity (Wildman–Crippen MR) is 51.7 cm³/mol. The molecule has 0 bridgehead atoms. The molecule has 2 N–H and O–H groups in total. The minimum absolute atomic E-state index is 0.486. The van der Waals surface area contributed by atoms with E-state index in [0.717, 1.165) is 5.69 Å². The van der Waals surface area contributed by atoms with Crippen LogP contribution in [-0.4, -0.2) is 26.4 Å². The number of nitrogens with zero attached hydrogens (tertiary/aromatic N) is 3. The van der Waals surface area contributed by atoms with Gasteiger partial charge in [-0.25, -0.2) is 0 Å². The van der Waals surface area contributed by atoms with Gasteiger partial charge in [0, 0.05) is 12.2 Å². The molecule has 1 aliphatic carbocycles. The molecule has 0 amide bonds. The summed E-state index contributed by atoms with van der Waals surface area (Å²) in [5.74, 6) is 1.10. The molecule has 0 radical (unpaired) electrons. The summed E-state index contributed by atoms with van der Waals surface area (Å²) in [5, 5.41) is 17.8. The van der Waals surface area contributed by atoms with Gasteiger partial charge in [0.25, 0.3) is 5.89 Å². The standard InChI is InChI=1S/C9H11N5O/c1-2-6(1)10-5-8-13-14-9(15-8)7-3-4-11-12-7/h3-4,6,10H,1-2,5H2,(H,11,12). The average molecular weight is 205 g/mol. The van der Waals surface area contributed by atoms with E-state index >= 15 is 0 Å². The number of H-pyrrole nitrogens is 1. The van der Waals surface area contributed by atoms with Crippen molar-refractivity contribution in [2.24, 2.45) is 0 Å². The van der Waals surface area contributed by atoms with E-state index < -0.39 is 0 Å². The predicted octanol–water partition coefficient (Wildman–Crippen LogP) is 0.712. The quantitative estimate of drug-likeness (QED) is 0.768. The lowest BCUT2D eigenvalue weighted by molar-refractivity contribution is 0.475. The van der Waals surface area contributed by atoms with Crippen LogP contribution in [0.5, 0.6) is 0 Å². The molecular formula is C9H11N5O. The van der Waals surface area contributed by atoms with Gasteiger partial charge in [0.2, 0.25) is 5.89 Å². The maximum absolute atomic E-state index is 5.45. The second kappa shape index (κ2) is 3.47. The van der Waals surface area contributed by atoms with Gasteiger partial charge >= 0.3 is 0 Å². The molecule has 1 fully saturated rings. The summed E-state index contributed by atoms with van der Waals surface area (Å²) in [4.78, 5) is 0. The van der Waals surface area contributed by atoms with Crippen LogP contribution in [-0.2, 0) is 6.54 Å². The van der Waals surface area contributed by atoms with E-state index in [1.807, 2.05) is 0 Å². The average Bonchev–Trinajstić information content (AvgIpc) is 2.78.